The van der Waals surface area contributed by atoms with E-state index in [4.69, 9.17) is 21.0 Å². The van der Waals surface area contributed by atoms with Gasteiger partial charge >= 0.3 is 35.5 Å². The Labute approximate surface area is 257 Å². The van der Waals surface area contributed by atoms with Crippen molar-refractivity contribution in [2.45, 2.75) is 38.1 Å². The van der Waals surface area contributed by atoms with E-state index in [0.29, 0.717) is 5.56 Å². The molecule has 2 aromatic rings. The molecular formula is C20H20N7NaO11S2. The van der Waals surface area contributed by atoms with Crippen LogP contribution in [0.1, 0.15) is 25.1 Å². The second kappa shape index (κ2) is 12.9. The number of nitrogen functional groups attached to an aromatic ring is 1. The number of hydrogen-bond donors (Lipinski definition) is 3. The van der Waals surface area contributed by atoms with Crippen LogP contribution in [0.5, 0.6) is 0 Å². The normalized spacial score (nSPS) is 17.1. The number of carbonyl (C=O) groups is 4. The summed E-state index contributed by atoms with van der Waals surface area (Å²) in [6.07, 6.45) is 0. The molecule has 0 saturated carbocycles. The fourth-order valence-corrected chi connectivity index (χ4v) is 4.56. The smallest absolute Gasteiger partial charge is 0.731 e. The number of hydrogen-bond acceptors (Lipinski definition) is 15. The molecule has 0 aliphatic carbocycles. The second-order valence-corrected chi connectivity index (χ2v) is 10.6. The fraction of sp³-hybridized carbons (Fsp3) is 0.300. The summed E-state index contributed by atoms with van der Waals surface area (Å²) in [6, 6.07) is 1.39. The van der Waals surface area contributed by atoms with Gasteiger partial charge in [-0.3, -0.25) is 24.5 Å². The van der Waals surface area contributed by atoms with Gasteiger partial charge in [-0.2, -0.15) is 0 Å². The summed E-state index contributed by atoms with van der Waals surface area (Å²) < 4.78 is 38.7. The van der Waals surface area contributed by atoms with Crippen molar-refractivity contribution in [2.75, 3.05) is 5.73 Å². The molecule has 3 rings (SSSR count). The maximum atomic E-state index is 13.0. The molecule has 1 saturated heterocycles. The van der Waals surface area contributed by atoms with Crippen LogP contribution in [-0.2, 0) is 45.7 Å². The third-order valence-corrected chi connectivity index (χ3v) is 6.79. The number of β-lactam (4-membered cyclic amide) rings is 1. The first-order valence-electron chi connectivity index (χ1n) is 10.8. The molecule has 3 amide bonds. The van der Waals surface area contributed by atoms with Crippen molar-refractivity contribution >= 4 is 61.9 Å². The number of aromatic nitrogens is 1. The van der Waals surface area contributed by atoms with Crippen molar-refractivity contribution in [1.82, 2.24) is 14.6 Å². The number of nitrogens with zero attached hydrogens (tertiary/aromatic N) is 4. The predicted octanol–water partition coefficient (Wildman–Crippen LogP) is -4.48. The van der Waals surface area contributed by atoms with E-state index in [1.54, 1.807) is 0 Å². The minimum absolute atomic E-state index is 0. The largest absolute Gasteiger partial charge is 1.00 e. The summed E-state index contributed by atoms with van der Waals surface area (Å²) in [5.74, 6) is -4.96. The zero-order chi connectivity index (χ0) is 30.0. The quantitative estimate of drug-likeness (QED) is 0.0406. The minimum Gasteiger partial charge on any atom is -0.731 e. The van der Waals surface area contributed by atoms with E-state index < -0.39 is 62.3 Å². The van der Waals surface area contributed by atoms with E-state index >= 15 is 0 Å². The molecule has 1 aliphatic rings. The molecule has 0 radical (unpaired) electrons. The number of carbonyl (C=O) groups excluding carboxylic acids is 4. The summed E-state index contributed by atoms with van der Waals surface area (Å²) in [6.45, 7) is 2.21. The zero-order valence-electron chi connectivity index (χ0n) is 21.5. The number of anilines is 1. The maximum Gasteiger partial charge on any atom is 1.00 e. The molecule has 2 heterocycles. The summed E-state index contributed by atoms with van der Waals surface area (Å²) in [4.78, 5) is 68.8. The second-order valence-electron chi connectivity index (χ2n) is 8.50. The van der Waals surface area contributed by atoms with Gasteiger partial charge in [-0.15, -0.1) is 11.3 Å². The zero-order valence-corrected chi connectivity index (χ0v) is 25.1. The van der Waals surface area contributed by atoms with Gasteiger partial charge in [0.25, 0.3) is 17.5 Å². The third-order valence-electron chi connectivity index (χ3n) is 5.22. The first kappa shape index (κ1) is 33.5. The fourth-order valence-electron chi connectivity index (χ4n) is 3.18. The van der Waals surface area contributed by atoms with Crippen LogP contribution in [0.25, 0.3) is 0 Å². The van der Waals surface area contributed by atoms with Crippen LogP contribution in [0, 0.1) is 10.1 Å². The van der Waals surface area contributed by atoms with Gasteiger partial charge in [0.15, 0.2) is 27.2 Å². The maximum absolute atomic E-state index is 13.0. The summed E-state index contributed by atoms with van der Waals surface area (Å²) >= 11 is 0.893. The SMILES string of the molecule is CC(C)(O/N=C(\C(=O)N[C@H]1C(=O)N(S(=O)(=O)[O-])[C@H]1C(N)=O)c1csc(N)n1)C(=O)OCc1ccc([N+](=O)[O-])cc1.[Na+]. The average molecular weight is 622 g/mol. The Hall–Kier alpha value is -3.69. The molecule has 2 atom stereocenters. The number of nitrogens with one attached hydrogen (secondary N) is 1. The summed E-state index contributed by atoms with van der Waals surface area (Å²) in [5.41, 5.74) is 8.34. The van der Waals surface area contributed by atoms with E-state index in [0.717, 1.165) is 11.3 Å². The average Bonchev–Trinajstić information content (AvgIpc) is 3.28. The van der Waals surface area contributed by atoms with Crippen LogP contribution >= 0.6 is 11.3 Å². The standard InChI is InChI=1S/C20H21N7O11S2.Na/c1-20(2,18(31)37-7-9-3-5-10(6-4-9)27(32)33)38-25-12(11-8-39-19(22)23-11)16(29)24-13-14(15(21)28)26(17(13)30)40(34,35)36;/h3-6,8,13-14H,7H2,1-2H3,(H2,21,28)(H2,22,23)(H,24,29)(H,34,35,36);/q;+1/p-1/b25-12-;/t13-,14-;/m1./s1. The molecular weight excluding hydrogens is 601 g/mol. The number of nitrogens with two attached hydrogens (primary N) is 2. The molecule has 5 N–H and O–H groups in total. The van der Waals surface area contributed by atoms with Crippen LogP contribution in [0.2, 0.25) is 0 Å². The molecule has 21 heteroatoms. The predicted molar refractivity (Wildman–Crippen MR) is 133 cm³/mol. The van der Waals surface area contributed by atoms with Crippen LogP contribution in [0.4, 0.5) is 10.8 Å². The Morgan fingerprint density at radius 2 is 1.88 bits per heavy atom. The van der Waals surface area contributed by atoms with Crippen LogP contribution < -0.4 is 46.3 Å². The number of thiazole rings is 1. The van der Waals surface area contributed by atoms with Gasteiger partial charge in [0, 0.05) is 17.5 Å². The molecule has 0 bridgehead atoms. The molecule has 214 valence electrons. The first-order chi connectivity index (χ1) is 18.5. The molecule has 0 unspecified atom stereocenters. The first-order valence-corrected chi connectivity index (χ1v) is 13.0. The van der Waals surface area contributed by atoms with Crippen molar-refractivity contribution in [3.63, 3.8) is 0 Å². The van der Waals surface area contributed by atoms with Gasteiger partial charge in [0.1, 0.15) is 18.3 Å². The third kappa shape index (κ3) is 7.74. The van der Waals surface area contributed by atoms with Gasteiger partial charge in [0.2, 0.25) is 11.5 Å². The number of nitro groups is 1. The van der Waals surface area contributed by atoms with Crippen molar-refractivity contribution in [2.24, 2.45) is 10.9 Å². The Balaban J connectivity index is 0.00000588. The molecule has 0 spiro atoms. The van der Waals surface area contributed by atoms with Crippen molar-refractivity contribution in [3.05, 3.63) is 51.0 Å². The Bertz CT molecular complexity index is 1510. The molecule has 41 heavy (non-hydrogen) atoms. The van der Waals surface area contributed by atoms with Gasteiger partial charge in [-0.1, -0.05) is 5.16 Å². The Kier molecular flexibility index (Phi) is 10.5. The van der Waals surface area contributed by atoms with Crippen LogP contribution in [0.15, 0.2) is 34.8 Å². The minimum atomic E-state index is -5.40. The topological polar surface area (TPSA) is 280 Å². The van der Waals surface area contributed by atoms with E-state index in [1.807, 2.05) is 5.32 Å². The number of rotatable bonds is 11. The number of primary amides is 1. The molecule has 1 aromatic heterocycles. The van der Waals surface area contributed by atoms with Gasteiger partial charge in [-0.25, -0.2) is 22.5 Å². The number of esters is 1. The Morgan fingerprint density at radius 1 is 1.27 bits per heavy atom. The number of oxime groups is 1. The van der Waals surface area contributed by atoms with Crippen molar-refractivity contribution in [1.29, 1.82) is 0 Å². The number of ether oxygens (including phenoxy) is 1. The van der Waals surface area contributed by atoms with E-state index in [1.165, 1.54) is 43.5 Å². The number of amides is 3. The van der Waals surface area contributed by atoms with Crippen LogP contribution in [-0.4, -0.2) is 74.3 Å². The monoisotopic (exact) mass is 621 g/mol. The number of nitro benzene ring substituents is 1. The van der Waals surface area contributed by atoms with E-state index in [-0.39, 0.29) is 57.0 Å². The molecule has 1 aromatic carbocycles. The van der Waals surface area contributed by atoms with Gasteiger partial charge in [-0.05, 0) is 31.5 Å². The number of benzene rings is 1. The molecule has 1 aliphatic heterocycles. The van der Waals surface area contributed by atoms with Gasteiger partial charge in [0.05, 0.1) is 4.92 Å². The number of non-ortho nitro benzene ring substituents is 1. The van der Waals surface area contributed by atoms with Gasteiger partial charge < -0.3 is 30.9 Å². The molecule has 18 nitrogen and oxygen atoms in total. The van der Waals surface area contributed by atoms with Crippen molar-refractivity contribution in [3.8, 4) is 0 Å². The van der Waals surface area contributed by atoms with Crippen LogP contribution in [0.3, 0.4) is 0 Å². The van der Waals surface area contributed by atoms with Crippen molar-refractivity contribution < 1.29 is 76.2 Å². The van der Waals surface area contributed by atoms with E-state index in [9.17, 15) is 42.3 Å². The Morgan fingerprint density at radius 3 is 2.37 bits per heavy atom. The summed E-state index contributed by atoms with van der Waals surface area (Å²) in [7, 11) is -5.40. The van der Waals surface area contributed by atoms with E-state index in [2.05, 4.69) is 10.1 Å². The molecule has 1 fully saturated rings. The summed E-state index contributed by atoms with van der Waals surface area (Å²) in [5, 5.41) is 17.7.